The summed E-state index contributed by atoms with van der Waals surface area (Å²) in [5.74, 6) is 0. The van der Waals surface area contributed by atoms with Gasteiger partial charge in [0.05, 0.1) is 0 Å². The molecule has 1 aliphatic rings. The maximum Gasteiger partial charge on any atom is 0.0453 e. The lowest BCUT2D eigenvalue weighted by atomic mass is 9.89. The number of rotatable bonds is 1. The van der Waals surface area contributed by atoms with Gasteiger partial charge in [-0.3, -0.25) is 0 Å². The Hall–Kier alpha value is -2.42. The topological polar surface area (TPSA) is 24.1 Å². The van der Waals surface area contributed by atoms with Crippen LogP contribution in [0, 0.1) is 6.92 Å². The average Bonchev–Trinajstić information content (AvgIpc) is 2.68. The van der Waals surface area contributed by atoms with Crippen LogP contribution in [0.25, 0.3) is 32.3 Å². The van der Waals surface area contributed by atoms with Crippen LogP contribution in [-0.2, 0) is 0 Å². The summed E-state index contributed by atoms with van der Waals surface area (Å²) in [5, 5.41) is 15.4. The highest BCUT2D eigenvalue weighted by Crippen LogP contribution is 2.37. The predicted octanol–water partition coefficient (Wildman–Crippen LogP) is 4.69. The van der Waals surface area contributed by atoms with E-state index in [1.807, 2.05) is 0 Å². The molecule has 0 bridgehead atoms. The zero-order valence-corrected chi connectivity index (χ0v) is 14.5. The largest absolute Gasteiger partial charge is 0.314 e. The minimum atomic E-state index is 0.362. The monoisotopic (exact) mass is 326 g/mol. The number of nitrogens with one attached hydrogen (secondary N) is 2. The van der Waals surface area contributed by atoms with Crippen molar-refractivity contribution in [3.05, 3.63) is 71.8 Å². The molecule has 0 aromatic heterocycles. The fourth-order valence-corrected chi connectivity index (χ4v) is 4.28. The highest BCUT2D eigenvalue weighted by atomic mass is 15.1. The van der Waals surface area contributed by atoms with E-state index in [2.05, 4.69) is 78.2 Å². The molecule has 2 N–H and O–H groups in total. The molecule has 1 heterocycles. The zero-order chi connectivity index (χ0) is 16.8. The molecule has 0 spiro atoms. The molecule has 0 saturated carbocycles. The normalized spacial score (nSPS) is 18.2. The van der Waals surface area contributed by atoms with Gasteiger partial charge in [0.2, 0.25) is 0 Å². The second kappa shape index (κ2) is 5.83. The fraction of sp³-hybridized carbons (Fsp3) is 0.217. The molecule has 1 aliphatic heterocycles. The molecule has 0 radical (unpaired) electrons. The lowest BCUT2D eigenvalue weighted by Crippen LogP contribution is -2.42. The molecular formula is C23H22N2. The highest BCUT2D eigenvalue weighted by Gasteiger charge is 2.19. The number of aryl methyl sites for hydroxylation is 1. The summed E-state index contributed by atoms with van der Waals surface area (Å²) in [6.45, 7) is 5.27. The van der Waals surface area contributed by atoms with Crippen LogP contribution in [0.3, 0.4) is 0 Å². The summed E-state index contributed by atoms with van der Waals surface area (Å²) in [4.78, 5) is 0. The van der Waals surface area contributed by atoms with Crippen LogP contribution in [0.1, 0.15) is 17.2 Å². The van der Waals surface area contributed by atoms with E-state index in [-0.39, 0.29) is 0 Å². The first kappa shape index (κ1) is 14.9. The third-order valence-electron chi connectivity index (χ3n) is 5.55. The summed E-state index contributed by atoms with van der Waals surface area (Å²) >= 11 is 0. The van der Waals surface area contributed by atoms with E-state index in [9.17, 15) is 0 Å². The Morgan fingerprint density at radius 1 is 0.760 bits per heavy atom. The van der Waals surface area contributed by atoms with Crippen LogP contribution in [0.15, 0.2) is 60.7 Å². The van der Waals surface area contributed by atoms with Crippen molar-refractivity contribution in [2.45, 2.75) is 13.0 Å². The summed E-state index contributed by atoms with van der Waals surface area (Å²) in [6, 6.07) is 22.8. The van der Waals surface area contributed by atoms with E-state index in [0.717, 1.165) is 19.6 Å². The minimum absolute atomic E-state index is 0.362. The lowest BCUT2D eigenvalue weighted by Gasteiger charge is -2.27. The summed E-state index contributed by atoms with van der Waals surface area (Å²) in [7, 11) is 0. The Bertz CT molecular complexity index is 1090. The summed E-state index contributed by atoms with van der Waals surface area (Å²) < 4.78 is 0. The van der Waals surface area contributed by atoms with Crippen molar-refractivity contribution >= 4 is 32.3 Å². The number of piperazine rings is 1. The number of fused-ring (bicyclic) bond motifs is 5. The molecule has 2 nitrogen and oxygen atoms in total. The van der Waals surface area contributed by atoms with Crippen LogP contribution in [0.5, 0.6) is 0 Å². The van der Waals surface area contributed by atoms with Crippen molar-refractivity contribution in [1.82, 2.24) is 10.6 Å². The molecule has 4 aromatic carbocycles. The molecule has 1 fully saturated rings. The Balaban J connectivity index is 1.96. The second-order valence-corrected chi connectivity index (χ2v) is 7.06. The Morgan fingerprint density at radius 2 is 1.60 bits per heavy atom. The van der Waals surface area contributed by atoms with Gasteiger partial charge < -0.3 is 10.6 Å². The van der Waals surface area contributed by atoms with Crippen molar-refractivity contribution in [3.63, 3.8) is 0 Å². The predicted molar refractivity (Wildman–Crippen MR) is 107 cm³/mol. The van der Waals surface area contributed by atoms with Crippen molar-refractivity contribution in [1.29, 1.82) is 0 Å². The average molecular weight is 326 g/mol. The van der Waals surface area contributed by atoms with Gasteiger partial charge in [0, 0.05) is 25.7 Å². The van der Waals surface area contributed by atoms with E-state index < -0.39 is 0 Å². The SMILES string of the molecule is Cc1ccc(C2CNCCN2)c2c1ccc1ccc3ccccc3c12. The molecular weight excluding hydrogens is 304 g/mol. The van der Waals surface area contributed by atoms with Gasteiger partial charge in [-0.05, 0) is 50.4 Å². The van der Waals surface area contributed by atoms with E-state index >= 15 is 0 Å². The standard InChI is InChI=1S/C23H22N2/c1-15-6-10-20(21-14-24-12-13-25-21)23-18(15)11-9-17-8-7-16-4-2-3-5-19(16)22(17)23/h2-11,21,24-25H,12-14H2,1H3. The summed E-state index contributed by atoms with van der Waals surface area (Å²) in [5.41, 5.74) is 2.76. The fourth-order valence-electron chi connectivity index (χ4n) is 4.28. The van der Waals surface area contributed by atoms with Crippen LogP contribution in [0.4, 0.5) is 0 Å². The molecule has 5 rings (SSSR count). The van der Waals surface area contributed by atoms with Crippen molar-refractivity contribution in [2.24, 2.45) is 0 Å². The minimum Gasteiger partial charge on any atom is -0.314 e. The van der Waals surface area contributed by atoms with Gasteiger partial charge in [-0.15, -0.1) is 0 Å². The Kier molecular flexibility index (Phi) is 3.47. The summed E-state index contributed by atoms with van der Waals surface area (Å²) in [6.07, 6.45) is 0. The van der Waals surface area contributed by atoms with Crippen LogP contribution in [0.2, 0.25) is 0 Å². The molecule has 2 heteroatoms. The highest BCUT2D eigenvalue weighted by molar-refractivity contribution is 6.21. The number of hydrogen-bond donors (Lipinski definition) is 2. The van der Waals surface area contributed by atoms with Gasteiger partial charge in [0.15, 0.2) is 0 Å². The number of benzene rings is 4. The zero-order valence-electron chi connectivity index (χ0n) is 14.5. The van der Waals surface area contributed by atoms with E-state index in [0.29, 0.717) is 6.04 Å². The third-order valence-corrected chi connectivity index (χ3v) is 5.55. The molecule has 0 aliphatic carbocycles. The quantitative estimate of drug-likeness (QED) is 0.496. The first-order valence-electron chi connectivity index (χ1n) is 9.11. The van der Waals surface area contributed by atoms with Gasteiger partial charge in [-0.2, -0.15) is 0 Å². The maximum atomic E-state index is 3.70. The number of hydrogen-bond acceptors (Lipinski definition) is 2. The molecule has 0 amide bonds. The van der Waals surface area contributed by atoms with Crippen LogP contribution < -0.4 is 10.6 Å². The van der Waals surface area contributed by atoms with Gasteiger partial charge in [-0.25, -0.2) is 0 Å². The molecule has 1 atom stereocenters. The van der Waals surface area contributed by atoms with Crippen LogP contribution in [-0.4, -0.2) is 19.6 Å². The lowest BCUT2D eigenvalue weighted by molar-refractivity contribution is 0.432. The van der Waals surface area contributed by atoms with E-state index in [4.69, 9.17) is 0 Å². The van der Waals surface area contributed by atoms with Gasteiger partial charge in [-0.1, -0.05) is 60.7 Å². The molecule has 124 valence electrons. The van der Waals surface area contributed by atoms with Crippen molar-refractivity contribution in [3.8, 4) is 0 Å². The Labute approximate surface area is 147 Å². The molecule has 1 saturated heterocycles. The van der Waals surface area contributed by atoms with E-state index in [1.54, 1.807) is 0 Å². The smallest absolute Gasteiger partial charge is 0.0453 e. The first-order valence-corrected chi connectivity index (χ1v) is 9.11. The molecule has 1 unspecified atom stereocenters. The molecule has 4 aromatic rings. The van der Waals surface area contributed by atoms with Gasteiger partial charge in [0.25, 0.3) is 0 Å². The van der Waals surface area contributed by atoms with Gasteiger partial charge in [0.1, 0.15) is 0 Å². The maximum absolute atomic E-state index is 3.70. The van der Waals surface area contributed by atoms with Crippen molar-refractivity contribution < 1.29 is 0 Å². The van der Waals surface area contributed by atoms with Gasteiger partial charge >= 0.3 is 0 Å². The molecule has 25 heavy (non-hydrogen) atoms. The van der Waals surface area contributed by atoms with Crippen molar-refractivity contribution in [2.75, 3.05) is 19.6 Å². The second-order valence-electron chi connectivity index (χ2n) is 7.06. The third kappa shape index (κ3) is 2.33. The first-order chi connectivity index (χ1) is 12.3. The van der Waals surface area contributed by atoms with E-state index in [1.165, 1.54) is 43.4 Å². The van der Waals surface area contributed by atoms with Crippen LogP contribution >= 0.6 is 0 Å². The Morgan fingerprint density at radius 3 is 2.48 bits per heavy atom.